The molecule has 2 nitrogen and oxygen atoms in total. The van der Waals surface area contributed by atoms with Gasteiger partial charge in [0, 0.05) is 23.3 Å². The fourth-order valence-corrected chi connectivity index (χ4v) is 3.87. The predicted molar refractivity (Wildman–Crippen MR) is 108 cm³/mol. The third-order valence-corrected chi connectivity index (χ3v) is 4.99. The fraction of sp³-hybridized carbons (Fsp3) is 0.0417. The Bertz CT molecular complexity index is 1220. The number of fused-ring (bicyclic) bond motifs is 3. The SMILES string of the molecule is Cc1cccc2c1c(-c1ccccc1)c(-c1ccccc1)n1ccnc21. The van der Waals surface area contributed by atoms with Gasteiger partial charge in [-0.05, 0) is 29.0 Å². The molecule has 0 atom stereocenters. The molecular weight excluding hydrogens is 316 g/mol. The Kier molecular flexibility index (Phi) is 3.36. The van der Waals surface area contributed by atoms with Crippen molar-refractivity contribution >= 4 is 16.4 Å². The molecule has 5 aromatic rings. The molecule has 3 aromatic carbocycles. The summed E-state index contributed by atoms with van der Waals surface area (Å²) < 4.78 is 2.22. The molecule has 0 N–H and O–H groups in total. The zero-order chi connectivity index (χ0) is 17.5. The van der Waals surface area contributed by atoms with Gasteiger partial charge in [-0.3, -0.25) is 4.40 Å². The Labute approximate surface area is 152 Å². The second-order valence-corrected chi connectivity index (χ2v) is 6.57. The maximum Gasteiger partial charge on any atom is 0.145 e. The normalized spacial score (nSPS) is 11.3. The number of imidazole rings is 1. The van der Waals surface area contributed by atoms with Crippen molar-refractivity contribution in [3.05, 3.63) is 96.8 Å². The molecule has 0 aliphatic carbocycles. The zero-order valence-corrected chi connectivity index (χ0v) is 14.6. The molecule has 2 aromatic heterocycles. The lowest BCUT2D eigenvalue weighted by molar-refractivity contribution is 1.21. The molecule has 124 valence electrons. The molecule has 5 rings (SSSR count). The molecule has 0 fully saturated rings. The van der Waals surface area contributed by atoms with Crippen LogP contribution in [0.3, 0.4) is 0 Å². The van der Waals surface area contributed by atoms with E-state index in [1.807, 2.05) is 6.20 Å². The molecule has 0 spiro atoms. The van der Waals surface area contributed by atoms with Crippen molar-refractivity contribution in [3.8, 4) is 22.4 Å². The molecule has 0 aliphatic heterocycles. The van der Waals surface area contributed by atoms with E-state index in [-0.39, 0.29) is 0 Å². The first-order valence-electron chi connectivity index (χ1n) is 8.84. The highest BCUT2D eigenvalue weighted by Crippen LogP contribution is 2.40. The molecule has 0 saturated heterocycles. The minimum Gasteiger partial charge on any atom is -0.299 e. The maximum atomic E-state index is 4.67. The average Bonchev–Trinajstić information content (AvgIpc) is 3.18. The summed E-state index contributed by atoms with van der Waals surface area (Å²) in [6, 6.07) is 27.7. The van der Waals surface area contributed by atoms with E-state index in [2.05, 4.69) is 101 Å². The first kappa shape index (κ1) is 14.9. The highest BCUT2D eigenvalue weighted by Gasteiger charge is 2.18. The second-order valence-electron chi connectivity index (χ2n) is 6.57. The van der Waals surface area contributed by atoms with E-state index in [1.165, 1.54) is 38.7 Å². The maximum absolute atomic E-state index is 4.67. The van der Waals surface area contributed by atoms with Crippen LogP contribution in [0.1, 0.15) is 5.56 Å². The molecule has 26 heavy (non-hydrogen) atoms. The summed E-state index contributed by atoms with van der Waals surface area (Å²) in [5, 5.41) is 2.46. The quantitative estimate of drug-likeness (QED) is 0.379. The largest absolute Gasteiger partial charge is 0.299 e. The van der Waals surface area contributed by atoms with Gasteiger partial charge in [0.2, 0.25) is 0 Å². The minimum absolute atomic E-state index is 1.00. The van der Waals surface area contributed by atoms with Crippen LogP contribution in [0.2, 0.25) is 0 Å². The van der Waals surface area contributed by atoms with Gasteiger partial charge in [-0.2, -0.15) is 0 Å². The van der Waals surface area contributed by atoms with Crippen LogP contribution in [0.4, 0.5) is 0 Å². The smallest absolute Gasteiger partial charge is 0.145 e. The topological polar surface area (TPSA) is 17.3 Å². The molecule has 0 amide bonds. The second kappa shape index (κ2) is 5.85. The lowest BCUT2D eigenvalue weighted by atomic mass is 9.91. The summed E-state index contributed by atoms with van der Waals surface area (Å²) in [6.45, 7) is 2.18. The van der Waals surface area contributed by atoms with Crippen LogP contribution in [0.25, 0.3) is 38.8 Å². The summed E-state index contributed by atoms with van der Waals surface area (Å²) in [4.78, 5) is 4.67. The van der Waals surface area contributed by atoms with Crippen molar-refractivity contribution in [3.63, 3.8) is 0 Å². The van der Waals surface area contributed by atoms with Crippen LogP contribution in [0.5, 0.6) is 0 Å². The molecular formula is C24H18N2. The van der Waals surface area contributed by atoms with E-state index in [9.17, 15) is 0 Å². The van der Waals surface area contributed by atoms with Gasteiger partial charge < -0.3 is 0 Å². The monoisotopic (exact) mass is 334 g/mol. The molecule has 0 radical (unpaired) electrons. The first-order valence-corrected chi connectivity index (χ1v) is 8.84. The van der Waals surface area contributed by atoms with Crippen molar-refractivity contribution in [1.82, 2.24) is 9.38 Å². The number of hydrogen-bond acceptors (Lipinski definition) is 1. The van der Waals surface area contributed by atoms with Gasteiger partial charge >= 0.3 is 0 Å². The molecule has 2 heterocycles. The molecule has 0 unspecified atom stereocenters. The van der Waals surface area contributed by atoms with Crippen LogP contribution in [-0.2, 0) is 0 Å². The number of rotatable bonds is 2. The highest BCUT2D eigenvalue weighted by molar-refractivity contribution is 6.10. The van der Waals surface area contributed by atoms with Gasteiger partial charge in [0.1, 0.15) is 5.65 Å². The Hall–Kier alpha value is -3.39. The molecule has 2 heteroatoms. The number of hydrogen-bond donors (Lipinski definition) is 0. The van der Waals surface area contributed by atoms with Gasteiger partial charge in [-0.25, -0.2) is 4.98 Å². The van der Waals surface area contributed by atoms with Crippen LogP contribution < -0.4 is 0 Å². The number of aryl methyl sites for hydroxylation is 1. The summed E-state index contributed by atoms with van der Waals surface area (Å²) >= 11 is 0. The van der Waals surface area contributed by atoms with Gasteiger partial charge in [-0.1, -0.05) is 78.9 Å². The van der Waals surface area contributed by atoms with E-state index in [4.69, 9.17) is 0 Å². The van der Waals surface area contributed by atoms with Crippen molar-refractivity contribution in [2.75, 3.05) is 0 Å². The van der Waals surface area contributed by atoms with E-state index < -0.39 is 0 Å². The van der Waals surface area contributed by atoms with E-state index in [1.54, 1.807) is 0 Å². The Morgan fingerprint density at radius 1 is 0.731 bits per heavy atom. The van der Waals surface area contributed by atoms with E-state index in [0.29, 0.717) is 0 Å². The average molecular weight is 334 g/mol. The van der Waals surface area contributed by atoms with Gasteiger partial charge in [-0.15, -0.1) is 0 Å². The number of aromatic nitrogens is 2. The van der Waals surface area contributed by atoms with Gasteiger partial charge in [0.05, 0.1) is 5.69 Å². The van der Waals surface area contributed by atoms with Crippen molar-refractivity contribution in [1.29, 1.82) is 0 Å². The molecule has 0 aliphatic rings. The third-order valence-electron chi connectivity index (χ3n) is 4.99. The minimum atomic E-state index is 1.00. The van der Waals surface area contributed by atoms with Crippen molar-refractivity contribution < 1.29 is 0 Å². The van der Waals surface area contributed by atoms with Crippen molar-refractivity contribution in [2.24, 2.45) is 0 Å². The lowest BCUT2D eigenvalue weighted by Crippen LogP contribution is -1.99. The van der Waals surface area contributed by atoms with E-state index >= 15 is 0 Å². The van der Waals surface area contributed by atoms with Crippen LogP contribution in [-0.4, -0.2) is 9.38 Å². The Balaban J connectivity index is 2.07. The summed E-state index contributed by atoms with van der Waals surface area (Å²) in [7, 11) is 0. The number of benzene rings is 3. The molecule has 0 saturated carbocycles. The van der Waals surface area contributed by atoms with E-state index in [0.717, 1.165) is 5.65 Å². The van der Waals surface area contributed by atoms with Gasteiger partial charge in [0.15, 0.2) is 0 Å². The van der Waals surface area contributed by atoms with Crippen LogP contribution in [0, 0.1) is 6.92 Å². The Morgan fingerprint density at radius 2 is 1.42 bits per heavy atom. The Morgan fingerprint density at radius 3 is 2.15 bits per heavy atom. The number of nitrogens with zero attached hydrogens (tertiary/aromatic N) is 2. The summed E-state index contributed by atoms with van der Waals surface area (Å²) in [5.41, 5.74) is 7.13. The number of pyridine rings is 1. The van der Waals surface area contributed by atoms with Crippen LogP contribution in [0.15, 0.2) is 91.3 Å². The predicted octanol–water partition coefficient (Wildman–Crippen LogP) is 6.13. The third kappa shape index (κ3) is 2.16. The van der Waals surface area contributed by atoms with Crippen LogP contribution >= 0.6 is 0 Å². The molecule has 0 bridgehead atoms. The fourth-order valence-electron chi connectivity index (χ4n) is 3.87. The standard InChI is InChI=1S/C24H18N2/c1-17-9-8-14-20-21(17)22(18-10-4-2-5-11-18)23(19-12-6-3-7-13-19)26-16-15-25-24(20)26/h2-16H,1H3. The van der Waals surface area contributed by atoms with Crippen molar-refractivity contribution in [2.45, 2.75) is 6.92 Å². The highest BCUT2D eigenvalue weighted by atomic mass is 15.0. The summed E-state index contributed by atoms with van der Waals surface area (Å²) in [5.74, 6) is 0. The first-order chi connectivity index (χ1) is 12.8. The zero-order valence-electron chi connectivity index (χ0n) is 14.6. The lowest BCUT2D eigenvalue weighted by Gasteiger charge is -2.18. The summed E-state index contributed by atoms with van der Waals surface area (Å²) in [6.07, 6.45) is 3.95. The van der Waals surface area contributed by atoms with Gasteiger partial charge in [0.25, 0.3) is 0 Å².